The standard InChI is InChI=1S/C15H23NO4S2/c1-20-11-13-4-2-6-15(10-13)22(18,19)16(7-8-17)14-5-3-9-21-12-14/h2,4,6,10,14,17H,3,5,7-9,11-12H2,1H3. The minimum atomic E-state index is -3.60. The van der Waals surface area contributed by atoms with E-state index in [1.807, 2.05) is 6.07 Å². The number of methoxy groups -OCH3 is 1. The molecule has 5 nitrogen and oxygen atoms in total. The van der Waals surface area contributed by atoms with Crippen molar-refractivity contribution in [1.29, 1.82) is 0 Å². The van der Waals surface area contributed by atoms with Gasteiger partial charge in [-0.05, 0) is 36.3 Å². The van der Waals surface area contributed by atoms with Crippen LogP contribution in [0.1, 0.15) is 18.4 Å². The maximum Gasteiger partial charge on any atom is 0.243 e. The summed E-state index contributed by atoms with van der Waals surface area (Å²) in [6.45, 7) is 0.350. The van der Waals surface area contributed by atoms with Crippen LogP contribution in [0.25, 0.3) is 0 Å². The molecule has 124 valence electrons. The molecule has 22 heavy (non-hydrogen) atoms. The van der Waals surface area contributed by atoms with Crippen molar-refractivity contribution in [2.24, 2.45) is 0 Å². The highest BCUT2D eigenvalue weighted by atomic mass is 32.2. The molecule has 1 aliphatic heterocycles. The van der Waals surface area contributed by atoms with Gasteiger partial charge in [-0.2, -0.15) is 16.1 Å². The van der Waals surface area contributed by atoms with Gasteiger partial charge in [0, 0.05) is 25.4 Å². The van der Waals surface area contributed by atoms with Gasteiger partial charge in [-0.25, -0.2) is 8.42 Å². The fourth-order valence-corrected chi connectivity index (χ4v) is 5.61. The van der Waals surface area contributed by atoms with E-state index >= 15 is 0 Å². The Balaban J connectivity index is 2.29. The predicted molar refractivity (Wildman–Crippen MR) is 88.5 cm³/mol. The van der Waals surface area contributed by atoms with Crippen molar-refractivity contribution in [3.8, 4) is 0 Å². The van der Waals surface area contributed by atoms with Crippen molar-refractivity contribution in [2.45, 2.75) is 30.4 Å². The highest BCUT2D eigenvalue weighted by Crippen LogP contribution is 2.27. The lowest BCUT2D eigenvalue weighted by Gasteiger charge is -2.32. The smallest absolute Gasteiger partial charge is 0.243 e. The minimum absolute atomic E-state index is 0.0398. The molecular weight excluding hydrogens is 322 g/mol. The summed E-state index contributed by atoms with van der Waals surface area (Å²) in [5.41, 5.74) is 0.825. The van der Waals surface area contributed by atoms with Crippen LogP contribution >= 0.6 is 11.8 Å². The van der Waals surface area contributed by atoms with E-state index in [1.54, 1.807) is 37.1 Å². The highest BCUT2D eigenvalue weighted by molar-refractivity contribution is 7.99. The molecule has 1 aromatic rings. The lowest BCUT2D eigenvalue weighted by molar-refractivity contribution is 0.184. The molecule has 0 amide bonds. The van der Waals surface area contributed by atoms with Crippen LogP contribution in [0.4, 0.5) is 0 Å². The van der Waals surface area contributed by atoms with Crippen LogP contribution in [0, 0.1) is 0 Å². The van der Waals surface area contributed by atoms with Crippen LogP contribution < -0.4 is 0 Å². The van der Waals surface area contributed by atoms with Crippen molar-refractivity contribution in [3.05, 3.63) is 29.8 Å². The Labute approximate surface area is 136 Å². The zero-order valence-corrected chi connectivity index (χ0v) is 14.4. The Morgan fingerprint density at radius 1 is 1.45 bits per heavy atom. The molecule has 7 heteroatoms. The second kappa shape index (κ2) is 8.31. The van der Waals surface area contributed by atoms with Gasteiger partial charge in [0.2, 0.25) is 10.0 Å². The molecule has 1 heterocycles. The van der Waals surface area contributed by atoms with E-state index in [-0.39, 0.29) is 24.1 Å². The molecule has 1 N–H and O–H groups in total. The number of aliphatic hydroxyl groups excluding tert-OH is 1. The number of nitrogens with zero attached hydrogens (tertiary/aromatic N) is 1. The molecule has 1 unspecified atom stereocenters. The summed E-state index contributed by atoms with van der Waals surface area (Å²) in [4.78, 5) is 0.270. The van der Waals surface area contributed by atoms with Gasteiger partial charge >= 0.3 is 0 Å². The zero-order valence-electron chi connectivity index (χ0n) is 12.8. The molecule has 1 atom stereocenters. The summed E-state index contributed by atoms with van der Waals surface area (Å²) >= 11 is 1.77. The van der Waals surface area contributed by atoms with E-state index in [4.69, 9.17) is 4.74 Å². The van der Waals surface area contributed by atoms with Gasteiger partial charge in [-0.1, -0.05) is 12.1 Å². The molecule has 1 saturated heterocycles. The van der Waals surface area contributed by atoms with Gasteiger partial charge in [0.25, 0.3) is 0 Å². The van der Waals surface area contributed by atoms with Crippen LogP contribution in [0.3, 0.4) is 0 Å². The highest BCUT2D eigenvalue weighted by Gasteiger charge is 2.32. The molecular formula is C15H23NO4S2. The molecule has 0 radical (unpaired) electrons. The van der Waals surface area contributed by atoms with Gasteiger partial charge in [0.15, 0.2) is 0 Å². The quantitative estimate of drug-likeness (QED) is 0.815. The first-order chi connectivity index (χ1) is 10.6. The second-order valence-electron chi connectivity index (χ2n) is 5.29. The summed E-state index contributed by atoms with van der Waals surface area (Å²) in [5, 5.41) is 9.28. The zero-order chi connectivity index (χ0) is 16.0. The van der Waals surface area contributed by atoms with Gasteiger partial charge < -0.3 is 9.84 Å². The fourth-order valence-electron chi connectivity index (χ4n) is 2.65. The number of thioether (sulfide) groups is 1. The van der Waals surface area contributed by atoms with Crippen molar-refractivity contribution < 1.29 is 18.3 Å². The van der Waals surface area contributed by atoms with E-state index in [1.165, 1.54) is 4.31 Å². The Kier molecular flexibility index (Phi) is 6.70. The lowest BCUT2D eigenvalue weighted by Crippen LogP contribution is -2.44. The summed E-state index contributed by atoms with van der Waals surface area (Å²) in [6.07, 6.45) is 1.86. The Morgan fingerprint density at radius 2 is 2.27 bits per heavy atom. The summed E-state index contributed by atoms with van der Waals surface area (Å²) in [6, 6.07) is 6.79. The average molecular weight is 345 g/mol. The van der Waals surface area contributed by atoms with Gasteiger partial charge in [0.05, 0.1) is 18.1 Å². The number of rotatable bonds is 7. The normalized spacial score (nSPS) is 19.5. The van der Waals surface area contributed by atoms with Crippen molar-refractivity contribution >= 4 is 21.8 Å². The van der Waals surface area contributed by atoms with Gasteiger partial charge in [-0.15, -0.1) is 0 Å². The third kappa shape index (κ3) is 4.23. The SMILES string of the molecule is COCc1cccc(S(=O)(=O)N(CCO)C2CCCSC2)c1. The van der Waals surface area contributed by atoms with Crippen LogP contribution in [0.15, 0.2) is 29.2 Å². The predicted octanol–water partition coefficient (Wildman–Crippen LogP) is 1.71. The number of sulfonamides is 1. The average Bonchev–Trinajstić information content (AvgIpc) is 2.54. The minimum Gasteiger partial charge on any atom is -0.395 e. The number of hydrogen-bond acceptors (Lipinski definition) is 5. The molecule has 2 rings (SSSR count). The van der Waals surface area contributed by atoms with Crippen molar-refractivity contribution in [1.82, 2.24) is 4.31 Å². The number of ether oxygens (including phenoxy) is 1. The summed E-state index contributed by atoms with van der Waals surface area (Å²) < 4.78 is 32.4. The first-order valence-corrected chi connectivity index (χ1v) is 9.97. The van der Waals surface area contributed by atoms with E-state index in [0.717, 1.165) is 29.9 Å². The molecule has 1 fully saturated rings. The van der Waals surface area contributed by atoms with Crippen molar-refractivity contribution in [3.63, 3.8) is 0 Å². The Bertz CT molecular complexity index is 571. The van der Waals surface area contributed by atoms with E-state index in [2.05, 4.69) is 0 Å². The number of aliphatic hydroxyl groups is 1. The van der Waals surface area contributed by atoms with E-state index < -0.39 is 10.0 Å². The molecule has 1 aliphatic rings. The molecule has 0 saturated carbocycles. The Hall–Kier alpha value is -0.600. The molecule has 0 bridgehead atoms. The van der Waals surface area contributed by atoms with Gasteiger partial charge in [-0.3, -0.25) is 0 Å². The van der Waals surface area contributed by atoms with Crippen LogP contribution in [-0.2, 0) is 21.4 Å². The van der Waals surface area contributed by atoms with E-state index in [9.17, 15) is 13.5 Å². The maximum absolute atomic E-state index is 12.9. The molecule has 0 aliphatic carbocycles. The van der Waals surface area contributed by atoms with Crippen molar-refractivity contribution in [2.75, 3.05) is 31.8 Å². The topological polar surface area (TPSA) is 66.8 Å². The van der Waals surface area contributed by atoms with Crippen LogP contribution in [0.5, 0.6) is 0 Å². The number of hydrogen-bond donors (Lipinski definition) is 1. The van der Waals surface area contributed by atoms with Gasteiger partial charge in [0.1, 0.15) is 0 Å². The molecule has 0 aromatic heterocycles. The first-order valence-electron chi connectivity index (χ1n) is 7.38. The third-order valence-electron chi connectivity index (χ3n) is 3.68. The molecule has 1 aromatic carbocycles. The van der Waals surface area contributed by atoms with Crippen LogP contribution in [0.2, 0.25) is 0 Å². The van der Waals surface area contributed by atoms with E-state index in [0.29, 0.717) is 6.61 Å². The third-order valence-corrected chi connectivity index (χ3v) is 6.83. The summed E-state index contributed by atoms with van der Waals surface area (Å²) in [7, 11) is -2.02. The first kappa shape index (κ1) is 17.7. The monoisotopic (exact) mass is 345 g/mol. The number of benzene rings is 1. The molecule has 0 spiro atoms. The fraction of sp³-hybridized carbons (Fsp3) is 0.600. The maximum atomic E-state index is 12.9. The van der Waals surface area contributed by atoms with Crippen LogP contribution in [-0.4, -0.2) is 55.6 Å². The second-order valence-corrected chi connectivity index (χ2v) is 8.33. The largest absolute Gasteiger partial charge is 0.395 e. The Morgan fingerprint density at radius 3 is 2.91 bits per heavy atom. The summed E-state index contributed by atoms with van der Waals surface area (Å²) in [5.74, 6) is 1.86. The lowest BCUT2D eigenvalue weighted by atomic mass is 10.2.